The van der Waals surface area contributed by atoms with Crippen molar-refractivity contribution in [2.75, 3.05) is 18.5 Å². The third-order valence-electron chi connectivity index (χ3n) is 5.27. The summed E-state index contributed by atoms with van der Waals surface area (Å²) in [5, 5.41) is 3.45. The second-order valence-electron chi connectivity index (χ2n) is 7.84. The molecule has 0 fully saturated rings. The Morgan fingerprint density at radius 1 is 1.33 bits per heavy atom. The van der Waals surface area contributed by atoms with Crippen LogP contribution >= 0.6 is 27.3 Å². The molecule has 1 atom stereocenters. The molecule has 0 saturated carbocycles. The van der Waals surface area contributed by atoms with E-state index in [2.05, 4.69) is 42.0 Å². The van der Waals surface area contributed by atoms with E-state index in [4.69, 9.17) is 9.47 Å². The summed E-state index contributed by atoms with van der Waals surface area (Å²) in [4.78, 5) is 26.4. The van der Waals surface area contributed by atoms with Crippen LogP contribution in [-0.2, 0) is 16.0 Å². The highest BCUT2D eigenvalue weighted by molar-refractivity contribution is 9.10. The molecule has 5 nitrogen and oxygen atoms in total. The van der Waals surface area contributed by atoms with Gasteiger partial charge in [0.25, 0.3) is 5.91 Å². The number of carbonyl (C=O) groups excluding carboxylic acids is 2. The molecule has 162 valence electrons. The van der Waals surface area contributed by atoms with Gasteiger partial charge in [0.2, 0.25) is 0 Å². The summed E-state index contributed by atoms with van der Waals surface area (Å²) in [6.07, 6.45) is 3.05. The lowest BCUT2D eigenvalue weighted by Gasteiger charge is -2.19. The van der Waals surface area contributed by atoms with Gasteiger partial charge in [-0.05, 0) is 77.2 Å². The fourth-order valence-corrected chi connectivity index (χ4v) is 5.58. The highest BCUT2D eigenvalue weighted by Gasteiger charge is 2.30. The Bertz CT molecular complexity index is 938. The number of anilines is 1. The predicted molar refractivity (Wildman–Crippen MR) is 124 cm³/mol. The third-order valence-corrected chi connectivity index (χ3v) is 7.07. The summed E-state index contributed by atoms with van der Waals surface area (Å²) in [6.45, 7) is 8.32. The normalized spacial score (nSPS) is 15.6. The van der Waals surface area contributed by atoms with Gasteiger partial charge in [-0.15, -0.1) is 11.3 Å². The van der Waals surface area contributed by atoms with Gasteiger partial charge in [-0.2, -0.15) is 0 Å². The van der Waals surface area contributed by atoms with Crippen LogP contribution in [0.4, 0.5) is 5.00 Å². The van der Waals surface area contributed by atoms with Gasteiger partial charge in [-0.1, -0.05) is 26.8 Å². The van der Waals surface area contributed by atoms with Crippen molar-refractivity contribution in [3.8, 4) is 5.75 Å². The first kappa shape index (κ1) is 22.8. The molecule has 1 aliphatic carbocycles. The van der Waals surface area contributed by atoms with Gasteiger partial charge in [0.15, 0.2) is 6.61 Å². The quantitative estimate of drug-likeness (QED) is 0.461. The molecular weight excluding hydrogens is 466 g/mol. The zero-order valence-electron chi connectivity index (χ0n) is 17.8. The largest absolute Gasteiger partial charge is 0.483 e. The first-order valence-electron chi connectivity index (χ1n) is 10.4. The van der Waals surface area contributed by atoms with Crippen molar-refractivity contribution >= 4 is 44.1 Å². The molecular formula is C23H28BrNO4S. The summed E-state index contributed by atoms with van der Waals surface area (Å²) in [5.74, 6) is 0.631. The molecule has 1 aromatic carbocycles. The van der Waals surface area contributed by atoms with Crippen LogP contribution in [0.5, 0.6) is 5.75 Å². The molecule has 30 heavy (non-hydrogen) atoms. The second-order valence-corrected chi connectivity index (χ2v) is 9.80. The molecule has 0 spiro atoms. The maximum atomic E-state index is 12.6. The van der Waals surface area contributed by atoms with Crippen molar-refractivity contribution < 1.29 is 19.1 Å². The molecule has 0 radical (unpaired) electrons. The van der Waals surface area contributed by atoms with Crippen LogP contribution in [-0.4, -0.2) is 25.1 Å². The SMILES string of the molecule is CCOC(=O)c1c(NC(=O)COc2ccc(C(C)C)cc2Br)sc2c1C(C)CCC2. The molecule has 3 rings (SSSR count). The van der Waals surface area contributed by atoms with E-state index in [-0.39, 0.29) is 24.4 Å². The van der Waals surface area contributed by atoms with Gasteiger partial charge in [-0.3, -0.25) is 4.79 Å². The highest BCUT2D eigenvalue weighted by atomic mass is 79.9. The zero-order valence-corrected chi connectivity index (χ0v) is 20.2. The molecule has 1 unspecified atom stereocenters. The molecule has 7 heteroatoms. The van der Waals surface area contributed by atoms with Gasteiger partial charge in [0.05, 0.1) is 16.6 Å². The first-order valence-corrected chi connectivity index (χ1v) is 12.0. The Kier molecular flexibility index (Phi) is 7.58. The van der Waals surface area contributed by atoms with Crippen LogP contribution in [0.25, 0.3) is 0 Å². The molecule has 2 aromatic rings. The number of amides is 1. The number of halogens is 1. The maximum Gasteiger partial charge on any atom is 0.341 e. The Balaban J connectivity index is 1.74. The fraction of sp³-hybridized carbons (Fsp3) is 0.478. The molecule has 0 saturated heterocycles. The smallest absolute Gasteiger partial charge is 0.341 e. The minimum absolute atomic E-state index is 0.139. The molecule has 0 aliphatic heterocycles. The van der Waals surface area contributed by atoms with E-state index in [1.54, 1.807) is 6.92 Å². The predicted octanol–water partition coefficient (Wildman–Crippen LogP) is 6.27. The summed E-state index contributed by atoms with van der Waals surface area (Å²) in [5.41, 5.74) is 2.74. The minimum Gasteiger partial charge on any atom is -0.483 e. The monoisotopic (exact) mass is 493 g/mol. The number of hydrogen-bond donors (Lipinski definition) is 1. The van der Waals surface area contributed by atoms with E-state index in [1.807, 2.05) is 18.2 Å². The standard InChI is InChI=1S/C23H28BrNO4S/c1-5-28-23(27)21-20-14(4)7-6-8-18(20)30-22(21)25-19(26)12-29-17-10-9-15(13(2)3)11-16(17)24/h9-11,13-14H,5-8,12H2,1-4H3,(H,25,26). The summed E-state index contributed by atoms with van der Waals surface area (Å²) in [6, 6.07) is 5.87. The molecule has 1 aliphatic rings. The van der Waals surface area contributed by atoms with Gasteiger partial charge in [-0.25, -0.2) is 4.79 Å². The van der Waals surface area contributed by atoms with Crippen LogP contribution < -0.4 is 10.1 Å². The fourth-order valence-electron chi connectivity index (χ4n) is 3.70. The van der Waals surface area contributed by atoms with Crippen molar-refractivity contribution in [1.82, 2.24) is 0 Å². The summed E-state index contributed by atoms with van der Waals surface area (Å²) < 4.78 is 11.8. The van der Waals surface area contributed by atoms with Crippen molar-refractivity contribution in [2.45, 2.75) is 58.8 Å². The third kappa shape index (κ3) is 5.06. The molecule has 1 amide bonds. The lowest BCUT2D eigenvalue weighted by atomic mass is 9.86. The lowest BCUT2D eigenvalue weighted by Crippen LogP contribution is -2.21. The number of carbonyl (C=O) groups is 2. The van der Waals surface area contributed by atoms with Crippen molar-refractivity contribution in [2.24, 2.45) is 0 Å². The zero-order chi connectivity index (χ0) is 21.8. The Hall–Kier alpha value is -1.86. The highest BCUT2D eigenvalue weighted by Crippen LogP contribution is 2.43. The Morgan fingerprint density at radius 3 is 2.77 bits per heavy atom. The van der Waals surface area contributed by atoms with Gasteiger partial charge < -0.3 is 14.8 Å². The van der Waals surface area contributed by atoms with Crippen LogP contribution in [0.3, 0.4) is 0 Å². The molecule has 1 N–H and O–H groups in total. The number of aryl methyl sites for hydroxylation is 1. The van der Waals surface area contributed by atoms with Crippen LogP contribution in [0.2, 0.25) is 0 Å². The summed E-state index contributed by atoms with van der Waals surface area (Å²) >= 11 is 4.99. The molecule has 1 aromatic heterocycles. The molecule has 1 heterocycles. The van der Waals surface area contributed by atoms with Crippen molar-refractivity contribution in [3.63, 3.8) is 0 Å². The number of hydrogen-bond acceptors (Lipinski definition) is 5. The number of esters is 1. The number of benzene rings is 1. The second kappa shape index (κ2) is 9.96. The number of fused-ring (bicyclic) bond motifs is 1. The van der Waals surface area contributed by atoms with Crippen LogP contribution in [0.1, 0.15) is 78.7 Å². The lowest BCUT2D eigenvalue weighted by molar-refractivity contribution is -0.118. The van der Waals surface area contributed by atoms with Gasteiger partial charge >= 0.3 is 5.97 Å². The number of thiophene rings is 1. The van der Waals surface area contributed by atoms with Crippen molar-refractivity contribution in [3.05, 3.63) is 44.2 Å². The van der Waals surface area contributed by atoms with E-state index < -0.39 is 0 Å². The molecule has 0 bridgehead atoms. The number of rotatable bonds is 7. The van der Waals surface area contributed by atoms with Crippen LogP contribution in [0, 0.1) is 0 Å². The Morgan fingerprint density at radius 2 is 2.10 bits per heavy atom. The van der Waals surface area contributed by atoms with Gasteiger partial charge in [0, 0.05) is 4.88 Å². The number of ether oxygens (including phenoxy) is 2. The van der Waals surface area contributed by atoms with Crippen molar-refractivity contribution in [1.29, 1.82) is 0 Å². The average Bonchev–Trinajstić information content (AvgIpc) is 3.06. The van der Waals surface area contributed by atoms with E-state index in [0.29, 0.717) is 28.8 Å². The van der Waals surface area contributed by atoms with Crippen LogP contribution in [0.15, 0.2) is 22.7 Å². The van der Waals surface area contributed by atoms with E-state index >= 15 is 0 Å². The van der Waals surface area contributed by atoms with Gasteiger partial charge in [0.1, 0.15) is 10.8 Å². The first-order chi connectivity index (χ1) is 14.3. The number of nitrogens with one attached hydrogen (secondary N) is 1. The Labute approximate surface area is 190 Å². The topological polar surface area (TPSA) is 64.6 Å². The average molecular weight is 494 g/mol. The van der Waals surface area contributed by atoms with E-state index in [9.17, 15) is 9.59 Å². The summed E-state index contributed by atoms with van der Waals surface area (Å²) in [7, 11) is 0. The minimum atomic E-state index is -0.369. The maximum absolute atomic E-state index is 12.6. The van der Waals surface area contributed by atoms with E-state index in [1.165, 1.54) is 21.8 Å². The van der Waals surface area contributed by atoms with E-state index in [0.717, 1.165) is 29.3 Å².